The Bertz CT molecular complexity index is 2380. The van der Waals surface area contributed by atoms with Gasteiger partial charge >= 0.3 is 6.03 Å². The fraction of sp³-hybridized carbons (Fsp3) is 0.391. The molecule has 0 unspecified atom stereocenters. The number of piperidine rings is 1. The van der Waals surface area contributed by atoms with Crippen LogP contribution in [0.25, 0.3) is 10.9 Å². The zero-order chi connectivity index (χ0) is 41.9. The van der Waals surface area contributed by atoms with Crippen molar-refractivity contribution in [1.29, 1.82) is 0 Å². The lowest BCUT2D eigenvalue weighted by Crippen LogP contribution is -2.53. The third-order valence-electron chi connectivity index (χ3n) is 12.5. The van der Waals surface area contributed by atoms with Gasteiger partial charge in [0.15, 0.2) is 5.82 Å². The number of benzene rings is 4. The van der Waals surface area contributed by atoms with E-state index in [1.165, 1.54) is 12.1 Å². The Labute approximate surface area is 353 Å². The molecule has 0 atom stereocenters. The summed E-state index contributed by atoms with van der Waals surface area (Å²) in [5, 5.41) is 17.3. The van der Waals surface area contributed by atoms with Gasteiger partial charge in [-0.3, -0.25) is 34.7 Å². The number of carbonyl (C=O) groups excluding carboxylic acids is 3. The van der Waals surface area contributed by atoms with E-state index >= 15 is 0 Å². The number of nitrogens with one attached hydrogen (secondary N) is 4. The summed E-state index contributed by atoms with van der Waals surface area (Å²) in [7, 11) is 0. The average Bonchev–Trinajstić information content (AvgIpc) is 3.65. The molecule has 4 aliphatic heterocycles. The van der Waals surface area contributed by atoms with E-state index in [0.717, 1.165) is 111 Å². The standard InChI is InChI=1S/C46H51F2N9O4/c47-33-24-31(25-34(48)27-33)23-30-5-8-40-39(26-30)44(53-52-40)51-45(59)38-7-6-37(28-41(38)49-35-12-21-61-22-13-35)56-19-17-55(18-20-56)36-9-14-54(15-10-36)29-32-3-1-2-4-42(32)57-16-11-43(58)50-46(57)60/h1-8,24-28,35-36,49H,9-23,29H2,(H,50,58,60)(H2,51,52,53,59). The number of H-pyrrole nitrogens is 1. The number of rotatable bonds is 11. The molecule has 61 heavy (non-hydrogen) atoms. The highest BCUT2D eigenvalue weighted by Crippen LogP contribution is 2.31. The molecule has 4 aliphatic rings. The number of piperazine rings is 1. The SMILES string of the molecule is O=C1CCN(c2ccccc2CN2CCC(N3CCN(c4ccc(C(=O)Nc5n[nH]c6ccc(Cc7cc(F)cc(F)c7)cc56)c(NC5CCOCC5)c4)CC3)CC2)C(=O)N1. The van der Waals surface area contributed by atoms with E-state index in [-0.39, 0.29) is 23.9 Å². The number of aromatic nitrogens is 2. The molecular weight excluding hydrogens is 781 g/mol. The van der Waals surface area contributed by atoms with Crippen LogP contribution in [-0.4, -0.2) is 109 Å². The summed E-state index contributed by atoms with van der Waals surface area (Å²) in [5.41, 5.74) is 6.38. The molecule has 4 saturated heterocycles. The summed E-state index contributed by atoms with van der Waals surface area (Å²) < 4.78 is 33.4. The number of anilines is 4. The van der Waals surface area contributed by atoms with Crippen molar-refractivity contribution in [1.82, 2.24) is 25.3 Å². The predicted octanol–water partition coefficient (Wildman–Crippen LogP) is 6.51. The van der Waals surface area contributed by atoms with Crippen molar-refractivity contribution < 1.29 is 27.9 Å². The van der Waals surface area contributed by atoms with Crippen molar-refractivity contribution >= 4 is 51.6 Å². The van der Waals surface area contributed by atoms with Crippen LogP contribution in [0.15, 0.2) is 78.9 Å². The molecule has 9 rings (SSSR count). The summed E-state index contributed by atoms with van der Waals surface area (Å²) in [5.74, 6) is -1.39. The van der Waals surface area contributed by atoms with E-state index in [9.17, 15) is 23.2 Å². The van der Waals surface area contributed by atoms with E-state index in [1.54, 1.807) is 4.90 Å². The third-order valence-corrected chi connectivity index (χ3v) is 12.5. The first-order valence-electron chi connectivity index (χ1n) is 21.3. The molecule has 0 radical (unpaired) electrons. The van der Waals surface area contributed by atoms with E-state index in [1.807, 2.05) is 48.5 Å². The monoisotopic (exact) mass is 831 g/mol. The first-order valence-corrected chi connectivity index (χ1v) is 21.3. The second kappa shape index (κ2) is 18.0. The number of carbonyl (C=O) groups is 3. The molecule has 0 saturated carbocycles. The van der Waals surface area contributed by atoms with Crippen LogP contribution in [0.3, 0.4) is 0 Å². The van der Waals surface area contributed by atoms with Crippen LogP contribution < -0.4 is 25.8 Å². The molecular formula is C46H51F2N9O4. The Morgan fingerprint density at radius 1 is 0.820 bits per heavy atom. The Balaban J connectivity index is 0.835. The number of likely N-dealkylation sites (tertiary alicyclic amines) is 1. The fourth-order valence-electron chi connectivity index (χ4n) is 9.23. The normalized spacial score (nSPS) is 18.7. The predicted molar refractivity (Wildman–Crippen MR) is 231 cm³/mol. The number of amides is 4. The number of fused-ring (bicyclic) bond motifs is 1. The lowest BCUT2D eigenvalue weighted by Gasteiger charge is -2.43. The minimum absolute atomic E-state index is 0.170. The van der Waals surface area contributed by atoms with Gasteiger partial charge in [-0.1, -0.05) is 24.3 Å². The van der Waals surface area contributed by atoms with Crippen LogP contribution in [0.5, 0.6) is 0 Å². The molecule has 4 amide bonds. The van der Waals surface area contributed by atoms with Crippen LogP contribution in [0.2, 0.25) is 0 Å². The molecule has 0 aliphatic carbocycles. The zero-order valence-electron chi connectivity index (χ0n) is 34.1. The van der Waals surface area contributed by atoms with Crippen LogP contribution in [0.1, 0.15) is 59.2 Å². The number of ether oxygens (including phenoxy) is 1. The topological polar surface area (TPSA) is 138 Å². The summed E-state index contributed by atoms with van der Waals surface area (Å²) in [6.45, 7) is 8.07. The van der Waals surface area contributed by atoms with Crippen LogP contribution in [0.4, 0.5) is 36.5 Å². The minimum Gasteiger partial charge on any atom is -0.381 e. The Kier molecular flexibility index (Phi) is 11.9. The number of urea groups is 1. The highest BCUT2D eigenvalue weighted by Gasteiger charge is 2.30. The Hall–Kier alpha value is -5.90. The fourth-order valence-corrected chi connectivity index (χ4v) is 9.23. The smallest absolute Gasteiger partial charge is 0.328 e. The van der Waals surface area contributed by atoms with Gasteiger partial charge in [0.2, 0.25) is 5.91 Å². The lowest BCUT2D eigenvalue weighted by atomic mass is 10.0. The van der Waals surface area contributed by atoms with Gasteiger partial charge in [0, 0.05) is 99.5 Å². The van der Waals surface area contributed by atoms with Crippen molar-refractivity contribution in [2.75, 3.05) is 79.5 Å². The Morgan fingerprint density at radius 2 is 1.59 bits per heavy atom. The molecule has 318 valence electrons. The van der Waals surface area contributed by atoms with Crippen molar-refractivity contribution in [3.05, 3.63) is 113 Å². The summed E-state index contributed by atoms with van der Waals surface area (Å²) >= 11 is 0. The molecule has 4 N–H and O–H groups in total. The number of imide groups is 1. The number of aromatic amines is 1. The summed E-state index contributed by atoms with van der Waals surface area (Å²) in [4.78, 5) is 47.6. The number of hydrogen-bond acceptors (Lipinski definition) is 9. The molecule has 15 heteroatoms. The maximum atomic E-state index is 14.0. The maximum absolute atomic E-state index is 14.0. The van der Waals surface area contributed by atoms with Gasteiger partial charge < -0.3 is 20.3 Å². The lowest BCUT2D eigenvalue weighted by molar-refractivity contribution is -0.120. The summed E-state index contributed by atoms with van der Waals surface area (Å²) in [6.07, 6.45) is 4.45. The first-order chi connectivity index (χ1) is 29.7. The Morgan fingerprint density at radius 3 is 2.36 bits per heavy atom. The number of nitrogens with zero attached hydrogens (tertiary/aromatic N) is 5. The molecule has 13 nitrogen and oxygen atoms in total. The molecule has 4 fully saturated rings. The zero-order valence-corrected chi connectivity index (χ0v) is 34.1. The van der Waals surface area contributed by atoms with Crippen molar-refractivity contribution in [2.45, 2.75) is 57.2 Å². The second-order valence-electron chi connectivity index (χ2n) is 16.5. The van der Waals surface area contributed by atoms with Gasteiger partial charge in [-0.05, 0) is 110 Å². The largest absolute Gasteiger partial charge is 0.381 e. The van der Waals surface area contributed by atoms with E-state index in [4.69, 9.17) is 4.74 Å². The third kappa shape index (κ3) is 9.38. The number of halogens is 2. The molecule has 0 bridgehead atoms. The molecule has 0 spiro atoms. The molecule has 1 aromatic heterocycles. The second-order valence-corrected chi connectivity index (χ2v) is 16.5. The highest BCUT2D eigenvalue weighted by molar-refractivity contribution is 6.11. The van der Waals surface area contributed by atoms with Gasteiger partial charge in [-0.15, -0.1) is 0 Å². The maximum Gasteiger partial charge on any atom is 0.328 e. The van der Waals surface area contributed by atoms with Crippen molar-refractivity contribution in [3.63, 3.8) is 0 Å². The molecule has 5 heterocycles. The van der Waals surface area contributed by atoms with Crippen molar-refractivity contribution in [2.24, 2.45) is 0 Å². The van der Waals surface area contributed by atoms with Crippen LogP contribution in [-0.2, 0) is 22.5 Å². The number of hydrogen-bond donors (Lipinski definition) is 4. The first kappa shape index (κ1) is 40.5. The van der Waals surface area contributed by atoms with Gasteiger partial charge in [-0.2, -0.15) is 5.10 Å². The van der Waals surface area contributed by atoms with E-state index in [0.29, 0.717) is 61.0 Å². The van der Waals surface area contributed by atoms with Crippen molar-refractivity contribution in [3.8, 4) is 0 Å². The minimum atomic E-state index is -0.623. The van der Waals surface area contributed by atoms with Crippen LogP contribution >= 0.6 is 0 Å². The molecule has 5 aromatic rings. The van der Waals surface area contributed by atoms with Crippen LogP contribution in [0, 0.1) is 11.6 Å². The highest BCUT2D eigenvalue weighted by atomic mass is 19.1. The number of para-hydroxylation sites is 1. The van der Waals surface area contributed by atoms with Gasteiger partial charge in [0.25, 0.3) is 5.91 Å². The molecule has 4 aromatic carbocycles. The van der Waals surface area contributed by atoms with E-state index < -0.39 is 11.6 Å². The van der Waals surface area contributed by atoms with Gasteiger partial charge in [-0.25, -0.2) is 13.6 Å². The van der Waals surface area contributed by atoms with Gasteiger partial charge in [0.1, 0.15) is 11.6 Å². The van der Waals surface area contributed by atoms with E-state index in [2.05, 4.69) is 53.0 Å². The quantitative estimate of drug-likeness (QED) is 0.118. The average molecular weight is 832 g/mol. The van der Waals surface area contributed by atoms with Gasteiger partial charge in [0.05, 0.1) is 11.1 Å². The summed E-state index contributed by atoms with van der Waals surface area (Å²) in [6, 6.07) is 23.4.